The summed E-state index contributed by atoms with van der Waals surface area (Å²) < 4.78 is 0.973. The Hall–Kier alpha value is -2.72. The Bertz CT molecular complexity index is 1000. The molecule has 4 rings (SSSR count). The van der Waals surface area contributed by atoms with Gasteiger partial charge in [0.2, 0.25) is 0 Å². The first kappa shape index (κ1) is 16.7. The summed E-state index contributed by atoms with van der Waals surface area (Å²) in [4.78, 5) is 9.76. The van der Waals surface area contributed by atoms with Crippen LogP contribution in [0.4, 0.5) is 17.1 Å². The number of benzene rings is 3. The van der Waals surface area contributed by atoms with E-state index >= 15 is 0 Å². The van der Waals surface area contributed by atoms with Crippen molar-refractivity contribution >= 4 is 44.5 Å². The largest absolute Gasteiger partial charge is 0.342 e. The fourth-order valence-electron chi connectivity index (χ4n) is 2.89. The van der Waals surface area contributed by atoms with Gasteiger partial charge in [-0.15, -0.1) is 0 Å². The van der Waals surface area contributed by atoms with Gasteiger partial charge in [0.05, 0.1) is 22.8 Å². The topological polar surface area (TPSA) is 36.8 Å². The number of fused-ring (bicyclic) bond motifs is 1. The van der Waals surface area contributed by atoms with Crippen molar-refractivity contribution in [1.82, 2.24) is 0 Å². The third kappa shape index (κ3) is 3.60. The van der Waals surface area contributed by atoms with E-state index in [1.165, 1.54) is 5.56 Å². The molecule has 0 saturated heterocycles. The van der Waals surface area contributed by atoms with Crippen molar-refractivity contribution in [2.45, 2.75) is 13.3 Å². The van der Waals surface area contributed by atoms with Crippen LogP contribution in [-0.4, -0.2) is 11.5 Å². The van der Waals surface area contributed by atoms with Crippen molar-refractivity contribution < 1.29 is 0 Å². The Balaban J connectivity index is 1.80. The van der Waals surface area contributed by atoms with Gasteiger partial charge in [0, 0.05) is 10.9 Å². The van der Waals surface area contributed by atoms with Crippen LogP contribution >= 0.6 is 15.9 Å². The minimum Gasteiger partial charge on any atom is -0.342 e. The second-order valence-corrected chi connectivity index (χ2v) is 7.11. The average molecular weight is 404 g/mol. The van der Waals surface area contributed by atoms with Crippen LogP contribution in [0.25, 0.3) is 0 Å². The van der Waals surface area contributed by atoms with Crippen molar-refractivity contribution in [3.05, 3.63) is 88.4 Å². The van der Waals surface area contributed by atoms with Gasteiger partial charge in [0.1, 0.15) is 5.84 Å². The first-order chi connectivity index (χ1) is 12.7. The minimum atomic E-state index is 0.638. The molecule has 0 amide bonds. The number of anilines is 1. The van der Waals surface area contributed by atoms with Crippen molar-refractivity contribution in [3.8, 4) is 0 Å². The van der Waals surface area contributed by atoms with E-state index in [2.05, 4.69) is 52.4 Å². The average Bonchev–Trinajstić information content (AvgIpc) is 2.83. The molecule has 1 aliphatic rings. The number of nitrogens with zero attached hydrogens (tertiary/aromatic N) is 2. The van der Waals surface area contributed by atoms with E-state index in [0.717, 1.165) is 38.6 Å². The third-order valence-corrected chi connectivity index (χ3v) is 4.94. The summed E-state index contributed by atoms with van der Waals surface area (Å²) in [5, 5.41) is 3.46. The molecule has 0 bridgehead atoms. The molecule has 1 aliphatic heterocycles. The van der Waals surface area contributed by atoms with E-state index < -0.39 is 0 Å². The van der Waals surface area contributed by atoms with Crippen LogP contribution in [0.15, 0.2) is 87.3 Å². The van der Waals surface area contributed by atoms with E-state index in [9.17, 15) is 0 Å². The van der Waals surface area contributed by atoms with Gasteiger partial charge in [0.15, 0.2) is 0 Å². The Kier molecular flexibility index (Phi) is 4.67. The first-order valence-corrected chi connectivity index (χ1v) is 9.31. The predicted molar refractivity (Wildman–Crippen MR) is 113 cm³/mol. The van der Waals surface area contributed by atoms with Gasteiger partial charge < -0.3 is 5.32 Å². The summed E-state index contributed by atoms with van der Waals surface area (Å²) >= 11 is 3.58. The number of aliphatic imine (C=N–C) groups is 2. The molecule has 0 unspecified atom stereocenters. The van der Waals surface area contributed by atoms with Crippen molar-refractivity contribution in [2.24, 2.45) is 9.98 Å². The van der Waals surface area contributed by atoms with Crippen molar-refractivity contribution in [2.75, 3.05) is 5.32 Å². The maximum absolute atomic E-state index is 4.91. The molecule has 0 saturated carbocycles. The van der Waals surface area contributed by atoms with Crippen LogP contribution < -0.4 is 5.32 Å². The fraction of sp³-hybridized carbons (Fsp3) is 0.0909. The van der Waals surface area contributed by atoms with Crippen LogP contribution in [0.3, 0.4) is 0 Å². The Morgan fingerprint density at radius 3 is 2.46 bits per heavy atom. The molecule has 0 aliphatic carbocycles. The molecule has 0 aromatic heterocycles. The summed E-state index contributed by atoms with van der Waals surface area (Å²) in [6.07, 6.45) is 0.638. The molecule has 0 spiro atoms. The SMILES string of the molecule is Cc1ccc(C2=Nc3ccccc3NC(=Nc3ccccc3Br)C2)cc1. The summed E-state index contributed by atoms with van der Waals surface area (Å²) in [6.45, 7) is 2.09. The van der Waals surface area contributed by atoms with Crippen LogP contribution in [0.5, 0.6) is 0 Å². The number of aryl methyl sites for hydroxylation is 1. The lowest BCUT2D eigenvalue weighted by Crippen LogP contribution is -2.15. The fourth-order valence-corrected chi connectivity index (χ4v) is 3.26. The van der Waals surface area contributed by atoms with Gasteiger partial charge in [-0.2, -0.15) is 0 Å². The maximum Gasteiger partial charge on any atom is 0.113 e. The number of para-hydroxylation sites is 3. The van der Waals surface area contributed by atoms with Crippen LogP contribution in [-0.2, 0) is 0 Å². The zero-order chi connectivity index (χ0) is 17.9. The molecule has 0 fully saturated rings. The smallest absolute Gasteiger partial charge is 0.113 e. The zero-order valence-corrected chi connectivity index (χ0v) is 16.0. The molecule has 4 heteroatoms. The molecule has 1 heterocycles. The number of nitrogens with one attached hydrogen (secondary N) is 1. The van der Waals surface area contributed by atoms with E-state index in [4.69, 9.17) is 9.98 Å². The van der Waals surface area contributed by atoms with Crippen LogP contribution in [0, 0.1) is 6.92 Å². The zero-order valence-electron chi connectivity index (χ0n) is 14.4. The second-order valence-electron chi connectivity index (χ2n) is 6.25. The van der Waals surface area contributed by atoms with Gasteiger partial charge in [-0.3, -0.25) is 4.99 Å². The molecular weight excluding hydrogens is 386 g/mol. The molecule has 0 atom stereocenters. The summed E-state index contributed by atoms with van der Waals surface area (Å²) in [5.74, 6) is 0.876. The van der Waals surface area contributed by atoms with Crippen LogP contribution in [0.2, 0.25) is 0 Å². The van der Waals surface area contributed by atoms with Crippen molar-refractivity contribution in [1.29, 1.82) is 0 Å². The van der Waals surface area contributed by atoms with E-state index in [1.54, 1.807) is 0 Å². The Labute approximate surface area is 161 Å². The first-order valence-electron chi connectivity index (χ1n) is 8.52. The van der Waals surface area contributed by atoms with Crippen molar-refractivity contribution in [3.63, 3.8) is 0 Å². The van der Waals surface area contributed by atoms with Gasteiger partial charge in [-0.1, -0.05) is 54.1 Å². The summed E-state index contributed by atoms with van der Waals surface area (Å²) in [7, 11) is 0. The molecule has 128 valence electrons. The summed E-state index contributed by atoms with van der Waals surface area (Å²) in [5.41, 5.74) is 6.17. The summed E-state index contributed by atoms with van der Waals surface area (Å²) in [6, 6.07) is 24.5. The molecule has 1 N–H and O–H groups in total. The normalized spacial score (nSPS) is 15.0. The highest BCUT2D eigenvalue weighted by atomic mass is 79.9. The number of rotatable bonds is 2. The number of halogens is 1. The van der Waals surface area contributed by atoms with Gasteiger partial charge in [0.25, 0.3) is 0 Å². The van der Waals surface area contributed by atoms with Gasteiger partial charge in [-0.25, -0.2) is 4.99 Å². The second kappa shape index (κ2) is 7.26. The number of hydrogen-bond donors (Lipinski definition) is 1. The molecule has 3 nitrogen and oxygen atoms in total. The molecule has 26 heavy (non-hydrogen) atoms. The van der Waals surface area contributed by atoms with E-state index in [1.807, 2.05) is 48.5 Å². The van der Waals surface area contributed by atoms with E-state index in [0.29, 0.717) is 6.42 Å². The molecular formula is C22H18BrN3. The highest BCUT2D eigenvalue weighted by molar-refractivity contribution is 9.10. The minimum absolute atomic E-state index is 0.638. The number of hydrogen-bond acceptors (Lipinski definition) is 2. The molecule has 3 aromatic carbocycles. The lowest BCUT2D eigenvalue weighted by atomic mass is 10.1. The maximum atomic E-state index is 4.91. The quantitative estimate of drug-likeness (QED) is 0.526. The van der Waals surface area contributed by atoms with Crippen LogP contribution in [0.1, 0.15) is 17.5 Å². The molecule has 3 aromatic rings. The van der Waals surface area contributed by atoms with Gasteiger partial charge in [-0.05, 0) is 52.7 Å². The lowest BCUT2D eigenvalue weighted by molar-refractivity contribution is 1.39. The highest BCUT2D eigenvalue weighted by Gasteiger charge is 2.16. The highest BCUT2D eigenvalue weighted by Crippen LogP contribution is 2.31. The lowest BCUT2D eigenvalue weighted by Gasteiger charge is -2.09. The standard InChI is InChI=1S/C22H18BrN3/c1-15-10-12-16(13-11-15)21-14-22(25-18-7-3-2-6-17(18)23)26-20-9-5-4-8-19(20)24-21/h2-13H,14H2,1H3,(H,25,26). The Morgan fingerprint density at radius 1 is 0.923 bits per heavy atom. The predicted octanol–water partition coefficient (Wildman–Crippen LogP) is 6.42. The number of amidine groups is 1. The Morgan fingerprint density at radius 2 is 1.65 bits per heavy atom. The van der Waals surface area contributed by atoms with Gasteiger partial charge >= 0.3 is 0 Å². The monoisotopic (exact) mass is 403 g/mol. The van der Waals surface area contributed by atoms with E-state index in [-0.39, 0.29) is 0 Å². The molecule has 0 radical (unpaired) electrons. The third-order valence-electron chi connectivity index (χ3n) is 4.27.